The molecular weight excluding hydrogens is 388 g/mol. The minimum atomic E-state index is -0.223. The fourth-order valence-electron chi connectivity index (χ4n) is 3.45. The highest BCUT2D eigenvalue weighted by Gasteiger charge is 2.25. The summed E-state index contributed by atoms with van der Waals surface area (Å²) in [6.45, 7) is 0.539. The second-order valence-corrected chi connectivity index (χ2v) is 7.94. The van der Waals surface area contributed by atoms with Crippen LogP contribution in [0.15, 0.2) is 48.0 Å². The Labute approximate surface area is 172 Å². The summed E-state index contributed by atoms with van der Waals surface area (Å²) in [6, 6.07) is 11.0. The second kappa shape index (κ2) is 8.48. The lowest BCUT2D eigenvalue weighted by atomic mass is 10.1. The number of amides is 2. The molecule has 29 heavy (non-hydrogen) atoms. The van der Waals surface area contributed by atoms with Gasteiger partial charge in [0.1, 0.15) is 17.3 Å². The molecule has 3 aromatic rings. The molecule has 2 N–H and O–H groups in total. The highest BCUT2D eigenvalue weighted by atomic mass is 32.1. The molecule has 0 saturated carbocycles. The van der Waals surface area contributed by atoms with E-state index in [0.29, 0.717) is 24.3 Å². The van der Waals surface area contributed by atoms with Crippen LogP contribution in [0, 0.1) is 0 Å². The molecule has 0 spiro atoms. The Kier molecular flexibility index (Phi) is 5.62. The fourth-order valence-corrected chi connectivity index (χ4v) is 4.15. The summed E-state index contributed by atoms with van der Waals surface area (Å²) in [5.74, 6) is 1.38. The van der Waals surface area contributed by atoms with E-state index in [1.807, 2.05) is 22.1 Å². The van der Waals surface area contributed by atoms with Crippen molar-refractivity contribution in [3.05, 3.63) is 64.4 Å². The number of hydrogen-bond donors (Lipinski definition) is 2. The minimum absolute atomic E-state index is 0.00486. The van der Waals surface area contributed by atoms with E-state index in [0.717, 1.165) is 29.3 Å². The van der Waals surface area contributed by atoms with Gasteiger partial charge in [0.15, 0.2) is 0 Å². The Morgan fingerprint density at radius 1 is 1.28 bits per heavy atom. The Morgan fingerprint density at radius 3 is 2.83 bits per heavy atom. The largest absolute Gasteiger partial charge is 0.497 e. The van der Waals surface area contributed by atoms with Crippen molar-refractivity contribution < 1.29 is 14.3 Å². The van der Waals surface area contributed by atoms with Gasteiger partial charge < -0.3 is 19.9 Å². The van der Waals surface area contributed by atoms with Gasteiger partial charge in [0.05, 0.1) is 19.7 Å². The molecule has 1 atom stereocenters. The average Bonchev–Trinajstić information content (AvgIpc) is 3.38. The first-order valence-electron chi connectivity index (χ1n) is 9.44. The zero-order valence-corrected chi connectivity index (χ0v) is 16.9. The van der Waals surface area contributed by atoms with E-state index in [1.165, 1.54) is 0 Å². The molecule has 0 bridgehead atoms. The van der Waals surface area contributed by atoms with Gasteiger partial charge in [-0.1, -0.05) is 6.07 Å². The molecular formula is C21H22N4O3S. The van der Waals surface area contributed by atoms with Crippen LogP contribution >= 0.6 is 11.3 Å². The number of methoxy groups -OCH3 is 1. The first-order valence-corrected chi connectivity index (χ1v) is 10.3. The molecule has 4 rings (SSSR count). The number of ether oxygens (including phenoxy) is 1. The lowest BCUT2D eigenvalue weighted by Gasteiger charge is -2.26. The molecule has 0 saturated heterocycles. The maximum absolute atomic E-state index is 12.8. The van der Waals surface area contributed by atoms with Crippen molar-refractivity contribution >= 4 is 28.8 Å². The number of imidazole rings is 1. The number of carbonyl (C=O) groups excluding carboxylic acids is 2. The molecule has 1 unspecified atom stereocenters. The zero-order valence-electron chi connectivity index (χ0n) is 16.1. The molecule has 0 aliphatic carbocycles. The number of benzene rings is 1. The maximum Gasteiger partial charge on any atom is 0.273 e. The minimum Gasteiger partial charge on any atom is -0.497 e. The maximum atomic E-state index is 12.8. The predicted octanol–water partition coefficient (Wildman–Crippen LogP) is 2.88. The van der Waals surface area contributed by atoms with E-state index in [-0.39, 0.29) is 17.9 Å². The second-order valence-electron chi connectivity index (χ2n) is 6.91. The van der Waals surface area contributed by atoms with E-state index < -0.39 is 0 Å². The SMILES string of the molecule is COc1ccc(NC(=O)c2cnc3n2CC(NC(=O)Cc2cccs2)CC3)cc1. The van der Waals surface area contributed by atoms with E-state index in [2.05, 4.69) is 15.6 Å². The van der Waals surface area contributed by atoms with Crippen LogP contribution in [0.4, 0.5) is 5.69 Å². The van der Waals surface area contributed by atoms with Crippen LogP contribution in [0.5, 0.6) is 5.75 Å². The quantitative estimate of drug-likeness (QED) is 0.654. The Hall–Kier alpha value is -3.13. The number of aryl methyl sites for hydroxylation is 1. The van der Waals surface area contributed by atoms with Crippen molar-refractivity contribution in [1.29, 1.82) is 0 Å². The molecule has 150 valence electrons. The highest BCUT2D eigenvalue weighted by molar-refractivity contribution is 7.10. The number of anilines is 1. The topological polar surface area (TPSA) is 85.2 Å². The molecule has 1 aromatic carbocycles. The molecule has 0 fully saturated rings. The number of carbonyl (C=O) groups is 2. The van der Waals surface area contributed by atoms with Gasteiger partial charge >= 0.3 is 0 Å². The van der Waals surface area contributed by atoms with Gasteiger partial charge in [0.2, 0.25) is 5.91 Å². The number of thiophene rings is 1. The van der Waals surface area contributed by atoms with Gasteiger partial charge in [-0.05, 0) is 42.1 Å². The number of rotatable bonds is 6. The molecule has 2 aromatic heterocycles. The van der Waals surface area contributed by atoms with E-state index in [4.69, 9.17) is 4.74 Å². The number of hydrogen-bond acceptors (Lipinski definition) is 5. The first-order chi connectivity index (χ1) is 14.1. The van der Waals surface area contributed by atoms with Crippen LogP contribution in [0.3, 0.4) is 0 Å². The molecule has 8 heteroatoms. The van der Waals surface area contributed by atoms with Gasteiger partial charge in [0.25, 0.3) is 5.91 Å². The standard InChI is InChI=1S/C21H22N4O3S/c1-28-16-7-4-14(5-8-16)24-21(27)18-12-22-19-9-6-15(13-25(18)19)23-20(26)11-17-3-2-10-29-17/h2-5,7-8,10,12,15H,6,9,11,13H2,1H3,(H,23,26)(H,24,27). The third-order valence-corrected chi connectivity index (χ3v) is 5.79. The summed E-state index contributed by atoms with van der Waals surface area (Å²) in [6.07, 6.45) is 3.52. The number of aromatic nitrogens is 2. The van der Waals surface area contributed by atoms with Crippen molar-refractivity contribution in [3.63, 3.8) is 0 Å². The normalized spacial score (nSPS) is 15.4. The van der Waals surface area contributed by atoms with Crippen LogP contribution in [0.1, 0.15) is 27.6 Å². The summed E-state index contributed by atoms with van der Waals surface area (Å²) >= 11 is 1.58. The van der Waals surface area contributed by atoms with E-state index in [9.17, 15) is 9.59 Å². The van der Waals surface area contributed by atoms with Crippen LogP contribution in [0.25, 0.3) is 0 Å². The molecule has 2 amide bonds. The van der Waals surface area contributed by atoms with Crippen LogP contribution in [0.2, 0.25) is 0 Å². The zero-order chi connectivity index (χ0) is 20.2. The van der Waals surface area contributed by atoms with Crippen molar-refractivity contribution in [2.24, 2.45) is 0 Å². The smallest absolute Gasteiger partial charge is 0.273 e. The third kappa shape index (κ3) is 4.48. The number of fused-ring (bicyclic) bond motifs is 1. The van der Waals surface area contributed by atoms with Gasteiger partial charge in [-0.3, -0.25) is 9.59 Å². The molecule has 3 heterocycles. The number of nitrogens with zero attached hydrogens (tertiary/aromatic N) is 2. The van der Waals surface area contributed by atoms with E-state index >= 15 is 0 Å². The van der Waals surface area contributed by atoms with E-state index in [1.54, 1.807) is 48.9 Å². The first kappa shape index (κ1) is 19.2. The number of nitrogens with one attached hydrogen (secondary N) is 2. The average molecular weight is 410 g/mol. The molecule has 7 nitrogen and oxygen atoms in total. The summed E-state index contributed by atoms with van der Waals surface area (Å²) in [5, 5.41) is 7.95. The summed E-state index contributed by atoms with van der Waals surface area (Å²) in [4.78, 5) is 30.5. The third-order valence-electron chi connectivity index (χ3n) is 4.92. The van der Waals surface area contributed by atoms with Gasteiger partial charge in [-0.15, -0.1) is 11.3 Å². The Morgan fingerprint density at radius 2 is 2.10 bits per heavy atom. The lowest BCUT2D eigenvalue weighted by Crippen LogP contribution is -2.42. The van der Waals surface area contributed by atoms with Gasteiger partial charge in [-0.25, -0.2) is 4.98 Å². The lowest BCUT2D eigenvalue weighted by molar-refractivity contribution is -0.121. The van der Waals surface area contributed by atoms with Crippen LogP contribution in [-0.2, 0) is 24.2 Å². The summed E-state index contributed by atoms with van der Waals surface area (Å²) in [7, 11) is 1.60. The monoisotopic (exact) mass is 410 g/mol. The van der Waals surface area contributed by atoms with Crippen LogP contribution in [-0.4, -0.2) is 34.5 Å². The fraction of sp³-hybridized carbons (Fsp3) is 0.286. The summed E-state index contributed by atoms with van der Waals surface area (Å²) < 4.78 is 7.04. The highest BCUT2D eigenvalue weighted by Crippen LogP contribution is 2.20. The van der Waals surface area contributed by atoms with Gasteiger partial charge in [-0.2, -0.15) is 0 Å². The van der Waals surface area contributed by atoms with Crippen LogP contribution < -0.4 is 15.4 Å². The Balaban J connectivity index is 1.41. The van der Waals surface area contributed by atoms with Crippen molar-refractivity contribution in [1.82, 2.24) is 14.9 Å². The predicted molar refractivity (Wildman–Crippen MR) is 111 cm³/mol. The molecule has 1 aliphatic heterocycles. The van der Waals surface area contributed by atoms with Crippen molar-refractivity contribution in [3.8, 4) is 5.75 Å². The Bertz CT molecular complexity index is 996. The molecule has 0 radical (unpaired) electrons. The van der Waals surface area contributed by atoms with Crippen molar-refractivity contribution in [2.75, 3.05) is 12.4 Å². The summed E-state index contributed by atoms with van der Waals surface area (Å²) in [5.41, 5.74) is 1.18. The van der Waals surface area contributed by atoms with Crippen molar-refractivity contribution in [2.45, 2.75) is 31.8 Å². The molecule has 1 aliphatic rings. The van der Waals surface area contributed by atoms with Gasteiger partial charge in [0, 0.05) is 29.6 Å².